The maximum atomic E-state index is 6.07. The van der Waals surface area contributed by atoms with E-state index in [1.165, 1.54) is 16.7 Å². The molecule has 2 N–H and O–H groups in total. The number of hydrogen-bond donors (Lipinski definition) is 1. The third-order valence-corrected chi connectivity index (χ3v) is 2.62. The van der Waals surface area contributed by atoms with Crippen LogP contribution in [0.1, 0.15) is 29.2 Å². The van der Waals surface area contributed by atoms with Gasteiger partial charge in [0.1, 0.15) is 0 Å². The summed E-state index contributed by atoms with van der Waals surface area (Å²) in [6, 6.07) is 6.44. The first-order valence-electron chi connectivity index (χ1n) is 4.71. The largest absolute Gasteiger partial charge is 0.377 e. The number of aryl methyl sites for hydroxylation is 1. The molecule has 70 valence electrons. The molecule has 0 spiro atoms. The van der Waals surface area contributed by atoms with Crippen molar-refractivity contribution in [3.05, 3.63) is 34.9 Å². The van der Waals surface area contributed by atoms with Gasteiger partial charge in [0.15, 0.2) is 0 Å². The molecule has 1 heterocycles. The van der Waals surface area contributed by atoms with Gasteiger partial charge in [0.05, 0.1) is 6.61 Å². The molecule has 0 amide bonds. The maximum Gasteiger partial charge on any atom is 0.0720 e. The van der Waals surface area contributed by atoms with E-state index >= 15 is 0 Å². The van der Waals surface area contributed by atoms with Crippen molar-refractivity contribution in [1.82, 2.24) is 0 Å². The standard InChI is InChI=1S/C11H15NO/c1-8-3-2-4-9-7-13-6-5-10(12)11(8)9/h2-4,10H,5-7,12H2,1H3. The molecule has 0 saturated carbocycles. The van der Waals surface area contributed by atoms with E-state index in [4.69, 9.17) is 10.5 Å². The Hall–Kier alpha value is -0.860. The van der Waals surface area contributed by atoms with Crippen molar-refractivity contribution < 1.29 is 4.74 Å². The van der Waals surface area contributed by atoms with Crippen molar-refractivity contribution in [2.24, 2.45) is 5.73 Å². The van der Waals surface area contributed by atoms with Crippen LogP contribution in [0.5, 0.6) is 0 Å². The highest BCUT2D eigenvalue weighted by molar-refractivity contribution is 5.36. The van der Waals surface area contributed by atoms with Gasteiger partial charge in [-0.3, -0.25) is 0 Å². The van der Waals surface area contributed by atoms with Crippen LogP contribution in [0.25, 0.3) is 0 Å². The molecule has 0 radical (unpaired) electrons. The zero-order valence-corrected chi connectivity index (χ0v) is 7.92. The number of hydrogen-bond acceptors (Lipinski definition) is 2. The molecule has 0 saturated heterocycles. The maximum absolute atomic E-state index is 6.07. The highest BCUT2D eigenvalue weighted by Crippen LogP contribution is 2.26. The highest BCUT2D eigenvalue weighted by atomic mass is 16.5. The number of benzene rings is 1. The summed E-state index contributed by atoms with van der Waals surface area (Å²) in [6.07, 6.45) is 0.928. The van der Waals surface area contributed by atoms with Crippen LogP contribution in [0.15, 0.2) is 18.2 Å². The topological polar surface area (TPSA) is 35.2 Å². The molecule has 0 bridgehead atoms. The summed E-state index contributed by atoms with van der Waals surface area (Å²) in [7, 11) is 0. The SMILES string of the molecule is Cc1cccc2c1C(N)CCOC2. The number of fused-ring (bicyclic) bond motifs is 1. The normalized spacial score (nSPS) is 22.2. The number of nitrogens with two attached hydrogens (primary N) is 1. The molecule has 2 rings (SSSR count). The first-order valence-corrected chi connectivity index (χ1v) is 4.71. The molecule has 0 aliphatic carbocycles. The van der Waals surface area contributed by atoms with Gasteiger partial charge in [0, 0.05) is 12.6 Å². The minimum atomic E-state index is 0.152. The average Bonchev–Trinajstić information content (AvgIpc) is 2.29. The first kappa shape index (κ1) is 8.73. The minimum Gasteiger partial charge on any atom is -0.377 e. The lowest BCUT2D eigenvalue weighted by molar-refractivity contribution is 0.122. The second-order valence-electron chi connectivity index (χ2n) is 3.60. The Balaban J connectivity index is 2.48. The van der Waals surface area contributed by atoms with Gasteiger partial charge >= 0.3 is 0 Å². The van der Waals surface area contributed by atoms with E-state index in [2.05, 4.69) is 25.1 Å². The lowest BCUT2D eigenvalue weighted by Gasteiger charge is -2.14. The van der Waals surface area contributed by atoms with Crippen LogP contribution in [-0.4, -0.2) is 6.61 Å². The van der Waals surface area contributed by atoms with Gasteiger partial charge in [-0.2, -0.15) is 0 Å². The molecule has 1 atom stereocenters. The van der Waals surface area contributed by atoms with Crippen molar-refractivity contribution in [3.63, 3.8) is 0 Å². The predicted molar refractivity (Wildman–Crippen MR) is 52.4 cm³/mol. The number of rotatable bonds is 0. The Morgan fingerprint density at radius 1 is 1.46 bits per heavy atom. The summed E-state index contributed by atoms with van der Waals surface area (Å²) in [5.41, 5.74) is 9.90. The van der Waals surface area contributed by atoms with Gasteiger partial charge in [-0.05, 0) is 30.0 Å². The summed E-state index contributed by atoms with van der Waals surface area (Å²) in [5.74, 6) is 0. The Morgan fingerprint density at radius 2 is 2.31 bits per heavy atom. The Labute approximate surface area is 78.7 Å². The van der Waals surface area contributed by atoms with Crippen LogP contribution in [0, 0.1) is 6.92 Å². The van der Waals surface area contributed by atoms with Gasteiger partial charge < -0.3 is 10.5 Å². The fourth-order valence-corrected chi connectivity index (χ4v) is 1.93. The predicted octanol–water partition coefficient (Wildman–Crippen LogP) is 1.92. The summed E-state index contributed by atoms with van der Waals surface area (Å²) in [6.45, 7) is 3.60. The van der Waals surface area contributed by atoms with Crippen LogP contribution in [-0.2, 0) is 11.3 Å². The second kappa shape index (κ2) is 3.48. The van der Waals surface area contributed by atoms with Crippen LogP contribution in [0.4, 0.5) is 0 Å². The van der Waals surface area contributed by atoms with E-state index in [0.29, 0.717) is 6.61 Å². The second-order valence-corrected chi connectivity index (χ2v) is 3.60. The molecule has 1 aliphatic rings. The molecule has 13 heavy (non-hydrogen) atoms. The molecule has 0 aromatic heterocycles. The van der Waals surface area contributed by atoms with E-state index in [9.17, 15) is 0 Å². The summed E-state index contributed by atoms with van der Waals surface area (Å²) in [5, 5.41) is 0. The molecular weight excluding hydrogens is 162 g/mol. The third-order valence-electron chi connectivity index (χ3n) is 2.62. The molecule has 1 aromatic rings. The molecule has 1 unspecified atom stereocenters. The van der Waals surface area contributed by atoms with Crippen molar-refractivity contribution in [2.45, 2.75) is 26.0 Å². The quantitative estimate of drug-likeness (QED) is 0.657. The molecule has 0 fully saturated rings. The zero-order valence-electron chi connectivity index (χ0n) is 7.92. The lowest BCUT2D eigenvalue weighted by atomic mass is 9.95. The fourth-order valence-electron chi connectivity index (χ4n) is 1.93. The van der Waals surface area contributed by atoms with E-state index in [0.717, 1.165) is 13.0 Å². The lowest BCUT2D eigenvalue weighted by Crippen LogP contribution is -2.13. The van der Waals surface area contributed by atoms with Crippen LogP contribution < -0.4 is 5.73 Å². The molecular formula is C11H15NO. The van der Waals surface area contributed by atoms with E-state index in [1.54, 1.807) is 0 Å². The van der Waals surface area contributed by atoms with Crippen molar-refractivity contribution in [2.75, 3.05) is 6.61 Å². The van der Waals surface area contributed by atoms with Gasteiger partial charge in [0.2, 0.25) is 0 Å². The monoisotopic (exact) mass is 177 g/mol. The van der Waals surface area contributed by atoms with Gasteiger partial charge in [0.25, 0.3) is 0 Å². The number of ether oxygens (including phenoxy) is 1. The van der Waals surface area contributed by atoms with Gasteiger partial charge in [-0.1, -0.05) is 18.2 Å². The molecule has 2 heteroatoms. The zero-order chi connectivity index (χ0) is 9.26. The van der Waals surface area contributed by atoms with E-state index < -0.39 is 0 Å². The van der Waals surface area contributed by atoms with Crippen LogP contribution in [0.2, 0.25) is 0 Å². The van der Waals surface area contributed by atoms with Crippen molar-refractivity contribution in [3.8, 4) is 0 Å². The Kier molecular flexibility index (Phi) is 2.34. The van der Waals surface area contributed by atoms with Crippen LogP contribution in [0.3, 0.4) is 0 Å². The van der Waals surface area contributed by atoms with E-state index in [-0.39, 0.29) is 6.04 Å². The van der Waals surface area contributed by atoms with E-state index in [1.807, 2.05) is 0 Å². The average molecular weight is 177 g/mol. The first-order chi connectivity index (χ1) is 6.29. The molecule has 2 nitrogen and oxygen atoms in total. The minimum absolute atomic E-state index is 0.152. The fraction of sp³-hybridized carbons (Fsp3) is 0.455. The van der Waals surface area contributed by atoms with Crippen LogP contribution >= 0.6 is 0 Å². The molecule has 1 aromatic carbocycles. The highest BCUT2D eigenvalue weighted by Gasteiger charge is 2.16. The molecule has 1 aliphatic heterocycles. The van der Waals surface area contributed by atoms with Gasteiger partial charge in [-0.25, -0.2) is 0 Å². The van der Waals surface area contributed by atoms with Gasteiger partial charge in [-0.15, -0.1) is 0 Å². The van der Waals surface area contributed by atoms with Crippen molar-refractivity contribution in [1.29, 1.82) is 0 Å². The summed E-state index contributed by atoms with van der Waals surface area (Å²) >= 11 is 0. The Morgan fingerprint density at radius 3 is 3.15 bits per heavy atom. The third kappa shape index (κ3) is 1.60. The van der Waals surface area contributed by atoms with Crippen molar-refractivity contribution >= 4 is 0 Å². The smallest absolute Gasteiger partial charge is 0.0720 e. The Bertz CT molecular complexity index is 309. The summed E-state index contributed by atoms with van der Waals surface area (Å²) in [4.78, 5) is 0. The summed E-state index contributed by atoms with van der Waals surface area (Å²) < 4.78 is 5.47.